The predicted molar refractivity (Wildman–Crippen MR) is 74.7 cm³/mol. The first-order chi connectivity index (χ1) is 9.17. The lowest BCUT2D eigenvalue weighted by molar-refractivity contribution is -0.122. The highest BCUT2D eigenvalue weighted by molar-refractivity contribution is 8.18. The maximum absolute atomic E-state index is 12.0. The number of amides is 2. The molecule has 1 aromatic rings. The minimum atomic E-state index is -0.300. The number of nitrogens with two attached hydrogens (primary N) is 1. The van der Waals surface area contributed by atoms with Crippen LogP contribution in [0.3, 0.4) is 0 Å². The van der Waals surface area contributed by atoms with Gasteiger partial charge in [0, 0.05) is 18.7 Å². The van der Waals surface area contributed by atoms with E-state index in [1.54, 1.807) is 19.3 Å². The summed E-state index contributed by atoms with van der Waals surface area (Å²) in [7, 11) is 1.56. The lowest BCUT2D eigenvalue weighted by Gasteiger charge is -2.09. The number of nitrogens with zero attached hydrogens (tertiary/aromatic N) is 1. The van der Waals surface area contributed by atoms with Crippen molar-refractivity contribution in [3.8, 4) is 5.75 Å². The van der Waals surface area contributed by atoms with E-state index in [1.165, 1.54) is 0 Å². The molecule has 0 spiro atoms. The quantitative estimate of drug-likeness (QED) is 0.848. The number of hydrogen-bond acceptors (Lipinski definition) is 5. The molecule has 2 amide bonds. The van der Waals surface area contributed by atoms with E-state index in [0.717, 1.165) is 22.2 Å². The number of benzene rings is 1. The summed E-state index contributed by atoms with van der Waals surface area (Å²) in [5.41, 5.74) is 6.15. The van der Waals surface area contributed by atoms with Gasteiger partial charge in [0.25, 0.3) is 11.1 Å². The smallest absolute Gasteiger partial charge is 0.293 e. The van der Waals surface area contributed by atoms with E-state index in [1.807, 2.05) is 18.2 Å². The van der Waals surface area contributed by atoms with Gasteiger partial charge in [-0.1, -0.05) is 18.2 Å². The van der Waals surface area contributed by atoms with Gasteiger partial charge in [0.2, 0.25) is 0 Å². The molecule has 1 fully saturated rings. The van der Waals surface area contributed by atoms with Crippen molar-refractivity contribution in [1.82, 2.24) is 4.90 Å². The summed E-state index contributed by atoms with van der Waals surface area (Å²) in [5.74, 6) is 0.361. The maximum atomic E-state index is 12.0. The number of ether oxygens (including phenoxy) is 1. The average molecular weight is 278 g/mol. The first-order valence-electron chi connectivity index (χ1n) is 5.76. The Kier molecular flexibility index (Phi) is 4.24. The largest absolute Gasteiger partial charge is 0.496 e. The molecule has 1 heterocycles. The monoisotopic (exact) mass is 278 g/mol. The van der Waals surface area contributed by atoms with Crippen LogP contribution in [0.1, 0.15) is 5.56 Å². The van der Waals surface area contributed by atoms with E-state index >= 15 is 0 Å². The minimum absolute atomic E-state index is 0.244. The number of rotatable bonds is 4. The fourth-order valence-electron chi connectivity index (χ4n) is 1.75. The van der Waals surface area contributed by atoms with Gasteiger partial charge in [-0.05, 0) is 23.9 Å². The average Bonchev–Trinajstić information content (AvgIpc) is 2.67. The van der Waals surface area contributed by atoms with Crippen LogP contribution in [0, 0.1) is 0 Å². The van der Waals surface area contributed by atoms with E-state index in [9.17, 15) is 9.59 Å². The second-order valence-corrected chi connectivity index (χ2v) is 4.86. The topological polar surface area (TPSA) is 72.6 Å². The van der Waals surface area contributed by atoms with Crippen LogP contribution in [0.2, 0.25) is 0 Å². The summed E-state index contributed by atoms with van der Waals surface area (Å²) in [5, 5.41) is -0.281. The second kappa shape index (κ2) is 5.90. The Balaban J connectivity index is 2.30. The van der Waals surface area contributed by atoms with E-state index in [2.05, 4.69) is 0 Å². The Morgan fingerprint density at radius 3 is 2.79 bits per heavy atom. The van der Waals surface area contributed by atoms with Crippen LogP contribution in [0.4, 0.5) is 4.79 Å². The summed E-state index contributed by atoms with van der Waals surface area (Å²) >= 11 is 0.923. The molecule has 1 aromatic carbocycles. The SMILES string of the molecule is COc1ccccc1/C=C1/SC(=O)N(CCN)C1=O. The molecule has 2 N–H and O–H groups in total. The van der Waals surface area contributed by atoms with Crippen LogP contribution < -0.4 is 10.5 Å². The zero-order chi connectivity index (χ0) is 13.8. The van der Waals surface area contributed by atoms with Gasteiger partial charge in [-0.25, -0.2) is 0 Å². The summed E-state index contributed by atoms with van der Waals surface area (Å²) < 4.78 is 5.21. The molecule has 0 saturated carbocycles. The molecule has 5 nitrogen and oxygen atoms in total. The zero-order valence-electron chi connectivity index (χ0n) is 10.5. The van der Waals surface area contributed by atoms with E-state index < -0.39 is 0 Å². The standard InChI is InChI=1S/C13H14N2O3S/c1-18-10-5-3-2-4-9(10)8-11-12(16)15(7-6-14)13(17)19-11/h2-5,8H,6-7,14H2,1H3/b11-8+. The highest BCUT2D eigenvalue weighted by Gasteiger charge is 2.34. The molecule has 19 heavy (non-hydrogen) atoms. The Morgan fingerprint density at radius 1 is 1.37 bits per heavy atom. The minimum Gasteiger partial charge on any atom is -0.496 e. The Hall–Kier alpha value is -1.79. The van der Waals surface area contributed by atoms with Crippen LogP contribution >= 0.6 is 11.8 Å². The Morgan fingerprint density at radius 2 is 2.11 bits per heavy atom. The molecule has 0 bridgehead atoms. The highest BCUT2D eigenvalue weighted by Crippen LogP contribution is 2.33. The molecule has 2 rings (SSSR count). The maximum Gasteiger partial charge on any atom is 0.293 e. The normalized spacial score (nSPS) is 17.4. The first-order valence-corrected chi connectivity index (χ1v) is 6.57. The Bertz CT molecular complexity index is 542. The molecule has 100 valence electrons. The van der Waals surface area contributed by atoms with Crippen molar-refractivity contribution in [2.75, 3.05) is 20.2 Å². The highest BCUT2D eigenvalue weighted by atomic mass is 32.2. The summed E-state index contributed by atoms with van der Waals surface area (Å²) in [6, 6.07) is 7.32. The fraction of sp³-hybridized carbons (Fsp3) is 0.231. The van der Waals surface area contributed by atoms with Crippen molar-refractivity contribution in [3.63, 3.8) is 0 Å². The number of thioether (sulfide) groups is 1. The van der Waals surface area contributed by atoms with Gasteiger partial charge >= 0.3 is 0 Å². The van der Waals surface area contributed by atoms with Gasteiger partial charge in [0.1, 0.15) is 5.75 Å². The van der Waals surface area contributed by atoms with Crippen molar-refractivity contribution < 1.29 is 14.3 Å². The molecule has 6 heteroatoms. The van der Waals surface area contributed by atoms with Crippen molar-refractivity contribution in [2.24, 2.45) is 5.73 Å². The summed E-state index contributed by atoms with van der Waals surface area (Å²) in [6.45, 7) is 0.508. The molecule has 0 aliphatic carbocycles. The molecular formula is C13H14N2O3S. The van der Waals surface area contributed by atoms with Gasteiger partial charge in [-0.15, -0.1) is 0 Å². The molecule has 0 unspecified atom stereocenters. The zero-order valence-corrected chi connectivity index (χ0v) is 11.3. The lowest BCUT2D eigenvalue weighted by atomic mass is 10.2. The fourth-order valence-corrected chi connectivity index (χ4v) is 2.60. The number of carbonyl (C=O) groups is 2. The molecule has 1 saturated heterocycles. The van der Waals surface area contributed by atoms with Crippen molar-refractivity contribution in [2.45, 2.75) is 0 Å². The summed E-state index contributed by atoms with van der Waals surface area (Å²) in [4.78, 5) is 25.2. The van der Waals surface area contributed by atoms with Gasteiger partial charge in [-0.2, -0.15) is 0 Å². The third-order valence-electron chi connectivity index (χ3n) is 2.65. The second-order valence-electron chi connectivity index (χ2n) is 3.86. The van der Waals surface area contributed by atoms with Crippen LogP contribution in [-0.2, 0) is 4.79 Å². The number of imide groups is 1. The molecule has 1 aliphatic rings. The van der Waals surface area contributed by atoms with E-state index in [4.69, 9.17) is 10.5 Å². The van der Waals surface area contributed by atoms with Crippen molar-refractivity contribution in [1.29, 1.82) is 0 Å². The number of carbonyl (C=O) groups excluding carboxylic acids is 2. The molecule has 0 atom stereocenters. The van der Waals surface area contributed by atoms with Crippen LogP contribution in [-0.4, -0.2) is 36.2 Å². The molecule has 0 aromatic heterocycles. The third kappa shape index (κ3) is 2.80. The van der Waals surface area contributed by atoms with Crippen LogP contribution in [0.15, 0.2) is 29.2 Å². The molecule has 0 radical (unpaired) electrons. The Labute approximate surface area is 115 Å². The van der Waals surface area contributed by atoms with Crippen molar-refractivity contribution in [3.05, 3.63) is 34.7 Å². The van der Waals surface area contributed by atoms with Crippen LogP contribution in [0.25, 0.3) is 6.08 Å². The predicted octanol–water partition coefficient (Wildman–Crippen LogP) is 1.69. The van der Waals surface area contributed by atoms with Crippen molar-refractivity contribution >= 4 is 29.0 Å². The van der Waals surface area contributed by atoms with E-state index in [-0.39, 0.29) is 24.2 Å². The number of hydrogen-bond donors (Lipinski definition) is 1. The lowest BCUT2D eigenvalue weighted by Crippen LogP contribution is -2.33. The third-order valence-corrected chi connectivity index (χ3v) is 3.56. The summed E-state index contributed by atoms with van der Waals surface area (Å²) in [6.07, 6.45) is 1.67. The molecular weight excluding hydrogens is 264 g/mol. The molecule has 1 aliphatic heterocycles. The number of methoxy groups -OCH3 is 1. The number of para-hydroxylation sites is 1. The van der Waals surface area contributed by atoms with Gasteiger partial charge in [-0.3, -0.25) is 14.5 Å². The van der Waals surface area contributed by atoms with Gasteiger partial charge in [0.05, 0.1) is 12.0 Å². The van der Waals surface area contributed by atoms with Crippen LogP contribution in [0.5, 0.6) is 5.75 Å². The van der Waals surface area contributed by atoms with Gasteiger partial charge < -0.3 is 10.5 Å². The first kappa shape index (κ1) is 13.6. The van der Waals surface area contributed by atoms with Gasteiger partial charge in [0.15, 0.2) is 0 Å². The van der Waals surface area contributed by atoms with E-state index in [0.29, 0.717) is 10.7 Å².